The van der Waals surface area contributed by atoms with Crippen molar-refractivity contribution < 1.29 is 27.4 Å². The van der Waals surface area contributed by atoms with Crippen molar-refractivity contribution in [3.63, 3.8) is 0 Å². The van der Waals surface area contributed by atoms with E-state index in [2.05, 4.69) is 10.1 Å². The Hall–Kier alpha value is -2.77. The van der Waals surface area contributed by atoms with Gasteiger partial charge in [-0.25, -0.2) is 0 Å². The van der Waals surface area contributed by atoms with Crippen LogP contribution in [0.5, 0.6) is 5.75 Å². The third-order valence-corrected chi connectivity index (χ3v) is 2.38. The first-order chi connectivity index (χ1) is 9.83. The molecule has 1 amide bonds. The highest BCUT2D eigenvalue weighted by atomic mass is 19.4. The first-order valence-electron chi connectivity index (χ1n) is 5.69. The Bertz CT molecular complexity index is 642. The molecule has 0 aliphatic rings. The number of alkyl halides is 3. The molecule has 0 bridgehead atoms. The van der Waals surface area contributed by atoms with E-state index in [9.17, 15) is 23.2 Å². The SMILES string of the molecule is O=C(Nc1ccc(OC(F)(F)F)cc1)c1ccc[n+]([O-])c1. The van der Waals surface area contributed by atoms with Crippen LogP contribution < -0.4 is 14.8 Å². The Morgan fingerprint density at radius 2 is 1.86 bits per heavy atom. The average molecular weight is 298 g/mol. The summed E-state index contributed by atoms with van der Waals surface area (Å²) in [7, 11) is 0. The number of aromatic nitrogens is 1. The van der Waals surface area contributed by atoms with Gasteiger partial charge in [-0.3, -0.25) is 4.79 Å². The molecule has 0 saturated carbocycles. The van der Waals surface area contributed by atoms with E-state index in [1.54, 1.807) is 0 Å². The fraction of sp³-hybridized carbons (Fsp3) is 0.0769. The number of anilines is 1. The second kappa shape index (κ2) is 5.70. The summed E-state index contributed by atoms with van der Waals surface area (Å²) in [6.07, 6.45) is -2.47. The molecule has 0 aliphatic carbocycles. The number of hydrogen-bond donors (Lipinski definition) is 1. The summed E-state index contributed by atoms with van der Waals surface area (Å²) in [6, 6.07) is 7.50. The minimum absolute atomic E-state index is 0.128. The maximum Gasteiger partial charge on any atom is 0.573 e. The number of hydrogen-bond acceptors (Lipinski definition) is 3. The fourth-order valence-corrected chi connectivity index (χ4v) is 1.53. The minimum atomic E-state index is -4.77. The van der Waals surface area contributed by atoms with E-state index in [0.717, 1.165) is 18.3 Å². The Morgan fingerprint density at radius 1 is 1.19 bits per heavy atom. The standard InChI is InChI=1S/C13H9F3N2O3/c14-13(15,16)21-11-5-3-10(4-6-11)17-12(19)9-2-1-7-18(20)8-9/h1-8H,(H,17,19). The molecular formula is C13H9F3N2O3. The average Bonchev–Trinajstić information content (AvgIpc) is 2.39. The van der Waals surface area contributed by atoms with Gasteiger partial charge in [0.25, 0.3) is 5.91 Å². The summed E-state index contributed by atoms with van der Waals surface area (Å²) in [5.41, 5.74) is 0.402. The summed E-state index contributed by atoms with van der Waals surface area (Å²) in [5.74, 6) is -0.942. The predicted octanol–water partition coefficient (Wildman–Crippen LogP) is 2.47. The summed E-state index contributed by atoms with van der Waals surface area (Å²) >= 11 is 0. The number of rotatable bonds is 3. The number of carbonyl (C=O) groups is 1. The number of halogens is 3. The van der Waals surface area contributed by atoms with E-state index in [4.69, 9.17) is 0 Å². The molecule has 0 fully saturated rings. The third kappa shape index (κ3) is 4.37. The number of nitrogens with zero attached hydrogens (tertiary/aromatic N) is 1. The van der Waals surface area contributed by atoms with Crippen LogP contribution in [0.3, 0.4) is 0 Å². The second-order valence-corrected chi connectivity index (χ2v) is 3.98. The lowest BCUT2D eigenvalue weighted by molar-refractivity contribution is -0.605. The van der Waals surface area contributed by atoms with Gasteiger partial charge in [-0.2, -0.15) is 4.73 Å². The lowest BCUT2D eigenvalue weighted by Crippen LogP contribution is -2.27. The van der Waals surface area contributed by atoms with Gasteiger partial charge in [0.1, 0.15) is 11.3 Å². The van der Waals surface area contributed by atoms with Crippen LogP contribution in [0.4, 0.5) is 18.9 Å². The quantitative estimate of drug-likeness (QED) is 0.699. The van der Waals surface area contributed by atoms with Crippen LogP contribution in [0.15, 0.2) is 48.8 Å². The number of carbonyl (C=O) groups excluding carboxylic acids is 1. The van der Waals surface area contributed by atoms with Crippen molar-refractivity contribution in [3.8, 4) is 5.75 Å². The van der Waals surface area contributed by atoms with Crippen molar-refractivity contribution in [1.82, 2.24) is 0 Å². The zero-order valence-electron chi connectivity index (χ0n) is 10.4. The normalized spacial score (nSPS) is 11.0. The molecule has 21 heavy (non-hydrogen) atoms. The first-order valence-corrected chi connectivity index (χ1v) is 5.69. The first kappa shape index (κ1) is 14.6. The van der Waals surface area contributed by atoms with Crippen molar-refractivity contribution in [2.75, 3.05) is 5.32 Å². The van der Waals surface area contributed by atoms with Crippen LogP contribution in [0.25, 0.3) is 0 Å². The lowest BCUT2D eigenvalue weighted by Gasteiger charge is -2.09. The number of pyridine rings is 1. The van der Waals surface area contributed by atoms with E-state index < -0.39 is 18.0 Å². The maximum absolute atomic E-state index is 12.0. The van der Waals surface area contributed by atoms with Crippen molar-refractivity contribution in [2.45, 2.75) is 6.36 Å². The molecule has 110 valence electrons. The third-order valence-electron chi connectivity index (χ3n) is 2.38. The van der Waals surface area contributed by atoms with Gasteiger partial charge >= 0.3 is 6.36 Å². The summed E-state index contributed by atoms with van der Waals surface area (Å²) in [4.78, 5) is 11.8. The van der Waals surface area contributed by atoms with Crippen LogP contribution in [0.2, 0.25) is 0 Å². The minimum Gasteiger partial charge on any atom is -0.619 e. The van der Waals surface area contributed by atoms with Crippen LogP contribution in [-0.2, 0) is 0 Å². The predicted molar refractivity (Wildman–Crippen MR) is 66.5 cm³/mol. The number of amides is 1. The Balaban J connectivity index is 2.05. The van der Waals surface area contributed by atoms with E-state index >= 15 is 0 Å². The summed E-state index contributed by atoms with van der Waals surface area (Å²) in [6.45, 7) is 0. The molecule has 8 heteroatoms. The molecule has 1 heterocycles. The van der Waals surface area contributed by atoms with Crippen molar-refractivity contribution in [3.05, 3.63) is 59.6 Å². The zero-order chi connectivity index (χ0) is 15.5. The monoisotopic (exact) mass is 298 g/mol. The van der Waals surface area contributed by atoms with Crippen molar-refractivity contribution in [1.29, 1.82) is 0 Å². The van der Waals surface area contributed by atoms with E-state index in [0.29, 0.717) is 4.73 Å². The van der Waals surface area contributed by atoms with Gasteiger partial charge in [0, 0.05) is 11.8 Å². The van der Waals surface area contributed by atoms with Crippen LogP contribution in [-0.4, -0.2) is 12.3 Å². The largest absolute Gasteiger partial charge is 0.619 e. The smallest absolute Gasteiger partial charge is 0.573 e. The maximum atomic E-state index is 12.0. The van der Waals surface area contributed by atoms with Gasteiger partial charge in [0.2, 0.25) is 0 Å². The summed E-state index contributed by atoms with van der Waals surface area (Å²) < 4.78 is 40.1. The molecule has 1 aromatic carbocycles. The molecule has 0 unspecified atom stereocenters. The number of nitrogens with one attached hydrogen (secondary N) is 1. The van der Waals surface area contributed by atoms with Gasteiger partial charge in [-0.05, 0) is 30.3 Å². The van der Waals surface area contributed by atoms with Gasteiger partial charge in [0.15, 0.2) is 12.4 Å². The molecule has 5 nitrogen and oxygen atoms in total. The highest BCUT2D eigenvalue weighted by molar-refractivity contribution is 6.03. The highest BCUT2D eigenvalue weighted by Gasteiger charge is 2.30. The summed E-state index contributed by atoms with van der Waals surface area (Å²) in [5, 5.41) is 13.5. The van der Waals surface area contributed by atoms with Crippen LogP contribution in [0.1, 0.15) is 10.4 Å². The van der Waals surface area contributed by atoms with Crippen molar-refractivity contribution >= 4 is 11.6 Å². The van der Waals surface area contributed by atoms with E-state index in [-0.39, 0.29) is 11.3 Å². The van der Waals surface area contributed by atoms with Gasteiger partial charge in [0.05, 0.1) is 0 Å². The molecule has 0 saturated heterocycles. The van der Waals surface area contributed by atoms with Crippen LogP contribution in [0, 0.1) is 5.21 Å². The Kier molecular flexibility index (Phi) is 3.97. The Morgan fingerprint density at radius 3 is 2.43 bits per heavy atom. The second-order valence-electron chi connectivity index (χ2n) is 3.98. The van der Waals surface area contributed by atoms with Crippen molar-refractivity contribution in [2.24, 2.45) is 0 Å². The molecule has 0 atom stereocenters. The van der Waals surface area contributed by atoms with Crippen LogP contribution >= 0.6 is 0 Å². The lowest BCUT2D eigenvalue weighted by atomic mass is 10.2. The molecule has 1 aromatic heterocycles. The molecule has 1 N–H and O–H groups in total. The van der Waals surface area contributed by atoms with Gasteiger partial charge < -0.3 is 15.3 Å². The molecule has 0 radical (unpaired) electrons. The van der Waals surface area contributed by atoms with Gasteiger partial charge in [-0.15, -0.1) is 13.2 Å². The molecule has 0 aliphatic heterocycles. The highest BCUT2D eigenvalue weighted by Crippen LogP contribution is 2.24. The van der Waals surface area contributed by atoms with E-state index in [1.807, 2.05) is 0 Å². The molecule has 0 spiro atoms. The Labute approximate surface area is 117 Å². The molecule has 2 rings (SSSR count). The zero-order valence-corrected chi connectivity index (χ0v) is 10.4. The fourth-order valence-electron chi connectivity index (χ4n) is 1.53. The number of benzene rings is 1. The van der Waals surface area contributed by atoms with E-state index in [1.165, 1.54) is 30.5 Å². The number of ether oxygens (including phenoxy) is 1. The van der Waals surface area contributed by atoms with Gasteiger partial charge in [-0.1, -0.05) is 0 Å². The molecular weight excluding hydrogens is 289 g/mol. The molecule has 2 aromatic rings. The topological polar surface area (TPSA) is 65.3 Å².